The van der Waals surface area contributed by atoms with E-state index in [0.29, 0.717) is 18.4 Å². The van der Waals surface area contributed by atoms with Crippen LogP contribution in [-0.2, 0) is 11.4 Å². The molecule has 3 aromatic carbocycles. The lowest BCUT2D eigenvalue weighted by Gasteiger charge is -2.09. The summed E-state index contributed by atoms with van der Waals surface area (Å²) in [6.45, 7) is 2.46. The number of hydrogen-bond acceptors (Lipinski definition) is 3. The maximum atomic E-state index is 11.9. The quantitative estimate of drug-likeness (QED) is 0.718. The normalized spacial score (nSPS) is 15.9. The molecule has 0 saturated carbocycles. The lowest BCUT2D eigenvalue weighted by molar-refractivity contribution is -0.118. The fourth-order valence-electron chi connectivity index (χ4n) is 3.18. The van der Waals surface area contributed by atoms with Crippen molar-refractivity contribution in [1.29, 1.82) is 0 Å². The maximum absolute atomic E-state index is 11.9. The number of para-hydroxylation sites is 1. The zero-order chi connectivity index (χ0) is 18.6. The predicted molar refractivity (Wildman–Crippen MR) is 104 cm³/mol. The van der Waals surface area contributed by atoms with Gasteiger partial charge in [-0.1, -0.05) is 54.6 Å². The van der Waals surface area contributed by atoms with Gasteiger partial charge in [-0.2, -0.15) is 0 Å². The third-order valence-electron chi connectivity index (χ3n) is 4.47. The summed E-state index contributed by atoms with van der Waals surface area (Å²) in [7, 11) is 0. The second kappa shape index (κ2) is 7.54. The first-order valence-electron chi connectivity index (χ1n) is 9.04. The molecule has 0 unspecified atom stereocenters. The third-order valence-corrected chi connectivity index (χ3v) is 4.47. The molecule has 1 aliphatic rings. The van der Waals surface area contributed by atoms with E-state index in [-0.39, 0.29) is 11.9 Å². The average molecular weight is 356 g/mol. The van der Waals surface area contributed by atoms with Crippen LogP contribution in [0.1, 0.15) is 18.9 Å². The van der Waals surface area contributed by atoms with Crippen LogP contribution < -0.4 is 15.5 Å². The molecule has 4 rings (SSSR count). The molecule has 0 bridgehead atoms. The molecule has 1 aliphatic heterocycles. The third kappa shape index (κ3) is 3.95. The molecule has 3 aromatic rings. The molecular weight excluding hydrogens is 336 g/mol. The number of hydrogen-bond donors (Lipinski definition) is 0. The fourth-order valence-corrected chi connectivity index (χ4v) is 3.18. The summed E-state index contributed by atoms with van der Waals surface area (Å²) >= 11 is 0. The van der Waals surface area contributed by atoms with Gasteiger partial charge in [-0.05, 0) is 36.2 Å². The summed E-state index contributed by atoms with van der Waals surface area (Å²) in [5.41, 5.74) is 3.08. The highest BCUT2D eigenvalue weighted by Gasteiger charge is 2.13. The molecule has 27 heavy (non-hydrogen) atoms. The minimum Gasteiger partial charge on any atom is -0.489 e. The molecule has 0 fully saturated rings. The van der Waals surface area contributed by atoms with Gasteiger partial charge in [0.05, 0.1) is 23.2 Å². The van der Waals surface area contributed by atoms with Gasteiger partial charge in [0.25, 0.3) is 0 Å². The lowest BCUT2D eigenvalue weighted by atomic mass is 10.0. The standard InChI is InChI=1S/C23H20N2O2/c1-16-13-22(26)25-21-12-6-11-20(23(21)24-16)18-9-5-10-19(14-18)27-15-17-7-3-2-4-8-17/h2-12,14,16H,13,15H2,1H3/t16-/m1/s1. The van der Waals surface area contributed by atoms with Gasteiger partial charge in [-0.25, -0.2) is 4.99 Å². The molecule has 134 valence electrons. The minimum atomic E-state index is -0.123. The number of nitrogens with zero attached hydrogens (tertiary/aromatic N) is 2. The van der Waals surface area contributed by atoms with Gasteiger partial charge in [0.15, 0.2) is 0 Å². The van der Waals surface area contributed by atoms with E-state index in [1.165, 1.54) is 0 Å². The molecule has 0 aliphatic carbocycles. The highest BCUT2D eigenvalue weighted by atomic mass is 16.5. The number of carbonyl (C=O) groups excluding carboxylic acids is 1. The van der Waals surface area contributed by atoms with Crippen LogP contribution in [0.2, 0.25) is 0 Å². The van der Waals surface area contributed by atoms with E-state index >= 15 is 0 Å². The number of carbonyl (C=O) groups is 1. The van der Waals surface area contributed by atoms with Crippen molar-refractivity contribution >= 4 is 5.91 Å². The molecular formula is C23H20N2O2. The van der Waals surface area contributed by atoms with Crippen molar-refractivity contribution in [2.75, 3.05) is 0 Å². The summed E-state index contributed by atoms with van der Waals surface area (Å²) in [6, 6.07) is 23.7. The molecule has 0 radical (unpaired) electrons. The summed E-state index contributed by atoms with van der Waals surface area (Å²) in [5.74, 6) is 0.672. The molecule has 0 spiro atoms. The van der Waals surface area contributed by atoms with Crippen molar-refractivity contribution in [2.45, 2.75) is 26.0 Å². The smallest absolute Gasteiger partial charge is 0.248 e. The van der Waals surface area contributed by atoms with Crippen LogP contribution in [-0.4, -0.2) is 11.9 Å². The Kier molecular flexibility index (Phi) is 4.79. The van der Waals surface area contributed by atoms with E-state index < -0.39 is 0 Å². The summed E-state index contributed by atoms with van der Waals surface area (Å²) in [4.78, 5) is 20.9. The molecule has 1 atom stereocenters. The van der Waals surface area contributed by atoms with Gasteiger partial charge in [0.1, 0.15) is 12.4 Å². The van der Waals surface area contributed by atoms with Gasteiger partial charge in [-0.15, -0.1) is 0 Å². The zero-order valence-corrected chi connectivity index (χ0v) is 15.1. The van der Waals surface area contributed by atoms with Crippen molar-refractivity contribution in [3.8, 4) is 16.9 Å². The Morgan fingerprint density at radius 1 is 1.00 bits per heavy atom. The van der Waals surface area contributed by atoms with E-state index in [0.717, 1.165) is 27.8 Å². The fraction of sp³-hybridized carbons (Fsp3) is 0.174. The number of amides is 1. The maximum Gasteiger partial charge on any atom is 0.248 e. The van der Waals surface area contributed by atoms with Crippen LogP contribution in [0.25, 0.3) is 11.1 Å². The van der Waals surface area contributed by atoms with E-state index in [4.69, 9.17) is 9.73 Å². The SMILES string of the molecule is C[C@@H]1CC(=O)N=c2cccc(-c3cccc(OCc4ccccc4)c3)c2=N1. The van der Waals surface area contributed by atoms with Gasteiger partial charge < -0.3 is 4.74 Å². The highest BCUT2D eigenvalue weighted by molar-refractivity contribution is 5.78. The van der Waals surface area contributed by atoms with Gasteiger partial charge in [0, 0.05) is 5.56 Å². The Morgan fingerprint density at radius 2 is 1.81 bits per heavy atom. The van der Waals surface area contributed by atoms with E-state index in [2.05, 4.69) is 4.99 Å². The molecule has 1 amide bonds. The second-order valence-corrected chi connectivity index (χ2v) is 6.66. The molecule has 0 N–H and O–H groups in total. The van der Waals surface area contributed by atoms with Crippen molar-refractivity contribution in [3.05, 3.63) is 89.1 Å². The molecule has 4 heteroatoms. The van der Waals surface area contributed by atoms with Crippen LogP contribution in [0.4, 0.5) is 0 Å². The van der Waals surface area contributed by atoms with Gasteiger partial charge in [-0.3, -0.25) is 9.79 Å². The van der Waals surface area contributed by atoms with Gasteiger partial charge in [0.2, 0.25) is 5.91 Å². The van der Waals surface area contributed by atoms with Crippen molar-refractivity contribution in [3.63, 3.8) is 0 Å². The molecule has 1 heterocycles. The summed E-state index contributed by atoms with van der Waals surface area (Å²) < 4.78 is 5.95. The average Bonchev–Trinajstić information content (AvgIpc) is 2.83. The zero-order valence-electron chi connectivity index (χ0n) is 15.1. The van der Waals surface area contributed by atoms with Crippen molar-refractivity contribution < 1.29 is 9.53 Å². The van der Waals surface area contributed by atoms with E-state index in [1.54, 1.807) is 0 Å². The monoisotopic (exact) mass is 356 g/mol. The summed E-state index contributed by atoms with van der Waals surface area (Å²) in [6.07, 6.45) is 0.342. The Hall–Kier alpha value is -3.27. The van der Waals surface area contributed by atoms with Crippen LogP contribution in [0, 0.1) is 0 Å². The Morgan fingerprint density at radius 3 is 2.67 bits per heavy atom. The van der Waals surface area contributed by atoms with Crippen LogP contribution in [0.3, 0.4) is 0 Å². The predicted octanol–water partition coefficient (Wildman–Crippen LogP) is 3.49. The van der Waals surface area contributed by atoms with Crippen LogP contribution in [0.15, 0.2) is 82.8 Å². The second-order valence-electron chi connectivity index (χ2n) is 6.66. The van der Waals surface area contributed by atoms with Crippen LogP contribution in [0.5, 0.6) is 5.75 Å². The number of rotatable bonds is 4. The largest absolute Gasteiger partial charge is 0.489 e. The Labute approximate surface area is 157 Å². The summed E-state index contributed by atoms with van der Waals surface area (Å²) in [5, 5.41) is 1.41. The van der Waals surface area contributed by atoms with Crippen LogP contribution >= 0.6 is 0 Å². The molecule has 0 saturated heterocycles. The van der Waals surface area contributed by atoms with Crippen molar-refractivity contribution in [2.24, 2.45) is 9.98 Å². The van der Waals surface area contributed by atoms with Crippen molar-refractivity contribution in [1.82, 2.24) is 0 Å². The van der Waals surface area contributed by atoms with Gasteiger partial charge >= 0.3 is 0 Å². The topological polar surface area (TPSA) is 51.0 Å². The van der Waals surface area contributed by atoms with E-state index in [1.807, 2.05) is 79.7 Å². The first-order chi connectivity index (χ1) is 13.2. The number of benzene rings is 3. The first-order valence-corrected chi connectivity index (χ1v) is 9.04. The first kappa shape index (κ1) is 17.2. The number of fused-ring (bicyclic) bond motifs is 1. The lowest BCUT2D eigenvalue weighted by Crippen LogP contribution is -2.27. The van der Waals surface area contributed by atoms with E-state index in [9.17, 15) is 4.79 Å². The minimum absolute atomic E-state index is 0.0823. The molecule has 4 nitrogen and oxygen atoms in total. The molecule has 0 aromatic heterocycles. The highest BCUT2D eigenvalue weighted by Crippen LogP contribution is 2.22. The Balaban J connectivity index is 1.70. The number of ether oxygens (including phenoxy) is 1. The Bertz CT molecular complexity index is 1090.